The van der Waals surface area contributed by atoms with Crippen LogP contribution in [0.3, 0.4) is 0 Å². The zero-order valence-electron chi connectivity index (χ0n) is 42.9. The van der Waals surface area contributed by atoms with Crippen molar-refractivity contribution in [1.29, 1.82) is 0 Å². The van der Waals surface area contributed by atoms with Gasteiger partial charge in [0.2, 0.25) is 5.88 Å². The molecule has 0 radical (unpaired) electrons. The Morgan fingerprint density at radius 2 is 0.959 bits per heavy atom. The number of esters is 4. The number of fused-ring (bicyclic) bond motifs is 3. The molecule has 1 heterocycles. The molecule has 0 N–H and O–H groups in total. The van der Waals surface area contributed by atoms with Crippen molar-refractivity contribution in [3.8, 4) is 17.4 Å². The first-order valence-corrected chi connectivity index (χ1v) is 26.2. The third-order valence-electron chi connectivity index (χ3n) is 12.3. The number of rotatable bonds is 34. The molecule has 74 heavy (non-hydrogen) atoms. The van der Waals surface area contributed by atoms with Crippen molar-refractivity contribution in [1.82, 2.24) is 4.98 Å². The minimum atomic E-state index is -0.468. The highest BCUT2D eigenvalue weighted by Gasteiger charge is 2.19. The lowest BCUT2D eigenvalue weighted by Gasteiger charge is -2.18. The molecule has 0 aliphatic heterocycles. The number of unbranched alkanes of at least 4 members (excludes halogenated alkanes) is 9. The van der Waals surface area contributed by atoms with E-state index in [1.54, 1.807) is 24.3 Å². The summed E-state index contributed by atoms with van der Waals surface area (Å²) in [5.41, 5.74) is 3.27. The highest BCUT2D eigenvalue weighted by molar-refractivity contribution is 6.11. The summed E-state index contributed by atoms with van der Waals surface area (Å²) in [4.78, 5) is 54.2. The van der Waals surface area contributed by atoms with Gasteiger partial charge >= 0.3 is 23.9 Å². The molecule has 0 fully saturated rings. The van der Waals surface area contributed by atoms with E-state index in [2.05, 4.69) is 20.1 Å². The average molecular weight is 1010 g/mol. The van der Waals surface area contributed by atoms with Crippen LogP contribution in [-0.2, 0) is 46.1 Å². The van der Waals surface area contributed by atoms with Gasteiger partial charge in [-0.05, 0) is 135 Å². The molecule has 1 aliphatic rings. The Morgan fingerprint density at radius 3 is 1.47 bits per heavy atom. The number of nitrogens with zero attached hydrogens (tertiary/aromatic N) is 1. The van der Waals surface area contributed by atoms with Crippen LogP contribution in [0.15, 0.2) is 134 Å². The first-order valence-electron chi connectivity index (χ1n) is 26.2. The molecular weight excluding hydrogens is 939 g/mol. The molecule has 0 saturated heterocycles. The molecule has 13 heteroatoms. The molecule has 4 aromatic carbocycles. The van der Waals surface area contributed by atoms with Gasteiger partial charge in [0.25, 0.3) is 0 Å². The fourth-order valence-electron chi connectivity index (χ4n) is 8.12. The van der Waals surface area contributed by atoms with Crippen molar-refractivity contribution >= 4 is 45.6 Å². The van der Waals surface area contributed by atoms with Gasteiger partial charge in [-0.1, -0.05) is 75.7 Å². The minimum absolute atomic E-state index is 0.184. The van der Waals surface area contributed by atoms with Crippen LogP contribution in [0.4, 0.5) is 0 Å². The molecule has 0 unspecified atom stereocenters. The average Bonchev–Trinajstić information content (AvgIpc) is 3.43. The lowest BCUT2D eigenvalue weighted by atomic mass is 10.0. The first kappa shape index (κ1) is 55.9. The van der Waals surface area contributed by atoms with E-state index in [0.717, 1.165) is 103 Å². The number of hydrogen-bond donors (Lipinski definition) is 0. The number of benzene rings is 4. The van der Waals surface area contributed by atoms with Crippen molar-refractivity contribution in [3.05, 3.63) is 156 Å². The molecule has 1 aromatic heterocycles. The van der Waals surface area contributed by atoms with E-state index < -0.39 is 23.9 Å². The number of allylic oxidation sites excluding steroid dienone is 4. The van der Waals surface area contributed by atoms with Gasteiger partial charge in [0.15, 0.2) is 0 Å². The van der Waals surface area contributed by atoms with E-state index in [1.165, 1.54) is 25.0 Å². The van der Waals surface area contributed by atoms with Gasteiger partial charge in [0.05, 0.1) is 68.7 Å². The van der Waals surface area contributed by atoms with Crippen molar-refractivity contribution in [2.45, 2.75) is 110 Å². The molecule has 0 saturated carbocycles. The summed E-state index contributed by atoms with van der Waals surface area (Å²) >= 11 is 0. The number of ether oxygens (including phenoxy) is 8. The largest absolute Gasteiger partial charge is 0.498 e. The van der Waals surface area contributed by atoms with Crippen LogP contribution in [0.1, 0.15) is 129 Å². The lowest BCUT2D eigenvalue weighted by molar-refractivity contribution is -0.138. The van der Waals surface area contributed by atoms with Gasteiger partial charge < -0.3 is 37.9 Å². The number of pyridine rings is 1. The van der Waals surface area contributed by atoms with Crippen molar-refractivity contribution < 1.29 is 57.1 Å². The van der Waals surface area contributed by atoms with E-state index in [0.29, 0.717) is 92.4 Å². The van der Waals surface area contributed by atoms with Crippen LogP contribution in [0.2, 0.25) is 0 Å². The van der Waals surface area contributed by atoms with E-state index in [1.807, 2.05) is 72.8 Å². The predicted octanol–water partition coefficient (Wildman–Crippen LogP) is 13.1. The smallest absolute Gasteiger partial charge is 0.338 e. The van der Waals surface area contributed by atoms with Crippen molar-refractivity contribution in [2.75, 3.05) is 46.2 Å². The summed E-state index contributed by atoms with van der Waals surface area (Å²) < 4.78 is 45.9. The van der Waals surface area contributed by atoms with Gasteiger partial charge in [-0.2, -0.15) is 0 Å². The molecule has 0 atom stereocenters. The van der Waals surface area contributed by atoms with E-state index in [9.17, 15) is 19.2 Å². The van der Waals surface area contributed by atoms with Crippen LogP contribution >= 0.6 is 0 Å². The molecule has 0 amide bonds. The summed E-state index contributed by atoms with van der Waals surface area (Å²) in [5.74, 6) is 1.75. The Morgan fingerprint density at radius 1 is 0.486 bits per heavy atom. The molecule has 0 spiro atoms. The topological polar surface area (TPSA) is 155 Å². The summed E-state index contributed by atoms with van der Waals surface area (Å²) in [6.45, 7) is 12.0. The second kappa shape index (κ2) is 31.2. The number of aromatic nitrogens is 1. The summed E-state index contributed by atoms with van der Waals surface area (Å²) in [7, 11) is 0. The van der Waals surface area contributed by atoms with Crippen LogP contribution in [0, 0.1) is 0 Å². The van der Waals surface area contributed by atoms with Crippen molar-refractivity contribution in [2.24, 2.45) is 0 Å². The number of hydrogen-bond acceptors (Lipinski definition) is 13. The number of carbonyl (C=O) groups excluding carboxylic acids is 4. The third-order valence-corrected chi connectivity index (χ3v) is 12.3. The van der Waals surface area contributed by atoms with Gasteiger partial charge in [-0.15, -0.1) is 0 Å². The molecule has 392 valence electrons. The zero-order chi connectivity index (χ0) is 52.2. The maximum atomic E-state index is 13.5. The second-order valence-electron chi connectivity index (χ2n) is 18.0. The van der Waals surface area contributed by atoms with Gasteiger partial charge in [0, 0.05) is 48.6 Å². The fourth-order valence-corrected chi connectivity index (χ4v) is 8.12. The normalized spacial score (nSPS) is 12.0. The zero-order valence-corrected chi connectivity index (χ0v) is 42.9. The Kier molecular flexibility index (Phi) is 23.6. The second-order valence-corrected chi connectivity index (χ2v) is 18.0. The molecule has 0 bridgehead atoms. The van der Waals surface area contributed by atoms with Gasteiger partial charge in [-0.25, -0.2) is 24.2 Å². The maximum Gasteiger partial charge on any atom is 0.338 e. The van der Waals surface area contributed by atoms with Crippen LogP contribution in [-0.4, -0.2) is 75.1 Å². The maximum absolute atomic E-state index is 13.5. The highest BCUT2D eigenvalue weighted by atomic mass is 16.5. The monoisotopic (exact) mass is 1010 g/mol. The van der Waals surface area contributed by atoms with E-state index >= 15 is 0 Å². The van der Waals surface area contributed by atoms with Gasteiger partial charge in [-0.3, -0.25) is 0 Å². The number of carbonyl (C=O) groups is 4. The van der Waals surface area contributed by atoms with Gasteiger partial charge in [0.1, 0.15) is 17.3 Å². The lowest BCUT2D eigenvalue weighted by Crippen LogP contribution is -2.09. The predicted molar refractivity (Wildman–Crippen MR) is 286 cm³/mol. The third kappa shape index (κ3) is 18.9. The van der Waals surface area contributed by atoms with E-state index in [4.69, 9.17) is 42.9 Å². The molecule has 1 aliphatic carbocycles. The Labute approximate surface area is 435 Å². The van der Waals surface area contributed by atoms with Crippen molar-refractivity contribution in [3.63, 3.8) is 0 Å². The molecule has 13 nitrogen and oxygen atoms in total. The molecular formula is C61H71NO12. The highest BCUT2D eigenvalue weighted by Crippen LogP contribution is 2.35. The quantitative estimate of drug-likeness (QED) is 0.0126. The standard InChI is InChI=1S/C61H71NO12/c1-4-7-8-13-36-69-51-28-30-52(31-29-51)74-59-55-43-47(60(65)72-41-34-45-18-24-49(25-19-45)67-37-14-9-11-16-39-70-57(63)5-2)22-32-53(55)54-33-23-48(44-56(54)62-59)61(66)73-42-35-46-20-26-50(27-21-46)68-38-15-10-12-17-40-71-58(64)6-3/h5-6,18-28,30,32-33,43-44H,2-4,7-17,29,31,34-42H2,1H3. The van der Waals surface area contributed by atoms with Crippen LogP contribution < -0.4 is 14.2 Å². The van der Waals surface area contributed by atoms with Crippen LogP contribution in [0.25, 0.3) is 21.7 Å². The molecule has 5 aromatic rings. The summed E-state index contributed by atoms with van der Waals surface area (Å²) in [6.07, 6.45) is 20.3. The van der Waals surface area contributed by atoms with E-state index in [-0.39, 0.29) is 13.2 Å². The SMILES string of the molecule is C=CC(=O)OCCCCCCOc1ccc(CCOC(=O)c2ccc3c(c2)nc(OC2=CC=C(OCCCCCC)CC2)c2cc(C(=O)OCCc4ccc(OCCCCCCOC(=O)C=C)cc4)ccc23)cc1. The summed E-state index contributed by atoms with van der Waals surface area (Å²) in [6, 6.07) is 26.2. The Bertz CT molecular complexity index is 2690. The van der Waals surface area contributed by atoms with Crippen LogP contribution in [0.5, 0.6) is 17.4 Å². The summed E-state index contributed by atoms with van der Waals surface area (Å²) in [5, 5.41) is 2.21. The Balaban J connectivity index is 1.04. The molecule has 6 rings (SSSR count). The first-order chi connectivity index (χ1) is 36.2. The fraction of sp³-hybridized carbons (Fsp3) is 0.393. The minimum Gasteiger partial charge on any atom is -0.498 e. The Hall–Kier alpha value is -7.41.